The number of carbonyl (C=O) groups excluding carboxylic acids is 3. The first-order valence-electron chi connectivity index (χ1n) is 19.4. The molecule has 0 unspecified atom stereocenters. The van der Waals surface area contributed by atoms with E-state index in [4.69, 9.17) is 5.11 Å². The number of rotatable bonds is 7. The Morgan fingerprint density at radius 3 is 2.33 bits per heavy atom. The topological polar surface area (TPSA) is 89.4 Å². The Hall–Kier alpha value is -2.89. The Labute approximate surface area is 294 Å². The second-order valence-corrected chi connectivity index (χ2v) is 18.5. The number of hydrogen-bond donors (Lipinski definition) is 1. The molecule has 1 aromatic carbocycles. The highest BCUT2D eigenvalue weighted by atomic mass is 16.4. The van der Waals surface area contributed by atoms with Crippen molar-refractivity contribution in [2.75, 3.05) is 19.6 Å². The van der Waals surface area contributed by atoms with Gasteiger partial charge in [0, 0.05) is 30.8 Å². The quantitative estimate of drug-likeness (QED) is 0.236. The van der Waals surface area contributed by atoms with E-state index in [9.17, 15) is 14.4 Å². The minimum atomic E-state index is -0.630. The molecule has 5 aliphatic carbocycles. The molecule has 266 valence electrons. The zero-order valence-electron chi connectivity index (χ0n) is 31.1. The molecule has 5 fully saturated rings. The summed E-state index contributed by atoms with van der Waals surface area (Å²) in [7, 11) is 0. The van der Waals surface area contributed by atoms with Gasteiger partial charge >= 0.3 is 5.97 Å². The number of amides is 2. The molecule has 0 bridgehead atoms. The van der Waals surface area contributed by atoms with Gasteiger partial charge in [-0.3, -0.25) is 9.59 Å². The maximum atomic E-state index is 14.4. The van der Waals surface area contributed by atoms with Crippen LogP contribution in [-0.4, -0.2) is 47.4 Å². The maximum Gasteiger partial charge on any atom is 0.549 e. The van der Waals surface area contributed by atoms with Crippen LogP contribution in [0, 0.1) is 56.7 Å². The van der Waals surface area contributed by atoms with E-state index in [1.165, 1.54) is 42.4 Å². The van der Waals surface area contributed by atoms with E-state index in [2.05, 4.69) is 59.5 Å². The molecule has 7 rings (SSSR count). The number of likely N-dealkylation sites (tertiary alicyclic amines) is 1. The van der Waals surface area contributed by atoms with E-state index in [-0.39, 0.29) is 38.9 Å². The van der Waals surface area contributed by atoms with Gasteiger partial charge in [0.15, 0.2) is 0 Å². The first-order chi connectivity index (χ1) is 23.1. The smallest absolute Gasteiger partial charge is 0.549 e. The minimum absolute atomic E-state index is 0.00539. The van der Waals surface area contributed by atoms with Crippen LogP contribution in [0.3, 0.4) is 0 Å². The van der Waals surface area contributed by atoms with Gasteiger partial charge in [-0.2, -0.15) is 0 Å². The Morgan fingerprint density at radius 1 is 0.939 bits per heavy atom. The molecular weight excluding hydrogens is 608 g/mol. The van der Waals surface area contributed by atoms with Crippen molar-refractivity contribution in [3.63, 3.8) is 0 Å². The summed E-state index contributed by atoms with van der Waals surface area (Å²) < 4.78 is 0. The lowest BCUT2D eigenvalue weighted by molar-refractivity contribution is -0.225. The summed E-state index contributed by atoms with van der Waals surface area (Å²) in [5.74, 6) is 2.22. The van der Waals surface area contributed by atoms with E-state index in [1.54, 1.807) is 0 Å². The van der Waals surface area contributed by atoms with Crippen molar-refractivity contribution in [2.45, 2.75) is 112 Å². The lowest BCUT2D eigenvalue weighted by atomic mass is 9.32. The van der Waals surface area contributed by atoms with Gasteiger partial charge in [0.2, 0.25) is 11.8 Å². The second-order valence-electron chi connectivity index (χ2n) is 18.5. The molecule has 1 saturated heterocycles. The summed E-state index contributed by atoms with van der Waals surface area (Å²) in [4.78, 5) is 40.2. The van der Waals surface area contributed by atoms with Gasteiger partial charge in [0.25, 0.3) is 0 Å². The van der Waals surface area contributed by atoms with Gasteiger partial charge in [0.1, 0.15) is 5.56 Å². The third-order valence-electron chi connectivity index (χ3n) is 16.4. The Kier molecular flexibility index (Phi) is 8.35. The van der Waals surface area contributed by atoms with E-state index in [0.717, 1.165) is 45.1 Å². The van der Waals surface area contributed by atoms with Crippen molar-refractivity contribution in [3.05, 3.63) is 53.6 Å². The summed E-state index contributed by atoms with van der Waals surface area (Å²) in [5, 5.41) is 10.9. The molecule has 2 amide bonds. The normalized spacial score (nSPS) is 40.8. The highest BCUT2D eigenvalue weighted by Gasteiger charge is 2.71. The van der Waals surface area contributed by atoms with Crippen molar-refractivity contribution >= 4 is 23.4 Å². The third kappa shape index (κ3) is 4.95. The number of nitrogens with one attached hydrogen (secondary N) is 1. The monoisotopic (exact) mass is 669 g/mol. The van der Waals surface area contributed by atoms with Gasteiger partial charge in [-0.25, -0.2) is 0 Å². The fraction of sp³-hybridized carbons (Fsp3) is 0.698. The fourth-order valence-electron chi connectivity index (χ4n) is 13.9. The molecule has 3 N–H and O–H groups in total. The summed E-state index contributed by atoms with van der Waals surface area (Å²) in [5.41, 5.74) is 4.47. The molecule has 0 spiro atoms. The molecule has 49 heavy (non-hydrogen) atoms. The highest BCUT2D eigenvalue weighted by molar-refractivity contribution is 5.88. The predicted molar refractivity (Wildman–Crippen MR) is 196 cm³/mol. The van der Waals surface area contributed by atoms with Crippen LogP contribution in [0.25, 0.3) is 5.57 Å². The highest BCUT2D eigenvalue weighted by Crippen LogP contribution is 2.77. The fourth-order valence-corrected chi connectivity index (χ4v) is 13.9. The molecular formula is C43H61N2O4+. The average Bonchev–Trinajstić information content (AvgIpc) is 3.65. The summed E-state index contributed by atoms with van der Waals surface area (Å²) in [6.45, 7) is 21.5. The number of nitrogens with zero attached hydrogens (tertiary/aromatic N) is 1. The van der Waals surface area contributed by atoms with Crippen LogP contribution < -0.4 is 5.32 Å². The number of hydrogen-bond acceptors (Lipinski definition) is 3. The summed E-state index contributed by atoms with van der Waals surface area (Å²) in [6.07, 6.45) is 14.1. The molecule has 6 nitrogen and oxygen atoms in total. The lowest BCUT2D eigenvalue weighted by Crippen LogP contribution is -2.66. The molecule has 6 aliphatic rings. The van der Waals surface area contributed by atoms with Gasteiger partial charge in [-0.05, 0) is 146 Å². The number of carbonyl (C=O) groups is 3. The SMILES string of the molecule is C=C(C)[C@@H]1CC[C@]2(C(=O)NCCN3CCCC3=O)CC[C@]3(C)[C@H](CC[C@@H]4[C@@]5(C)CC=C(c6ccc(C(=O)[OH2+])cc6)C(C)(C)[C@@H]5CC[C@]43C)[C@@H]12. The van der Waals surface area contributed by atoms with Gasteiger partial charge in [-0.1, -0.05) is 65.0 Å². The number of fused-ring (bicyclic) bond motifs is 7. The van der Waals surface area contributed by atoms with Crippen molar-refractivity contribution in [2.24, 2.45) is 56.7 Å². The third-order valence-corrected chi connectivity index (χ3v) is 16.4. The van der Waals surface area contributed by atoms with E-state index >= 15 is 0 Å². The zero-order chi connectivity index (χ0) is 35.1. The first kappa shape index (κ1) is 34.6. The van der Waals surface area contributed by atoms with Crippen molar-refractivity contribution in [1.82, 2.24) is 10.2 Å². The average molecular weight is 670 g/mol. The minimum Gasteiger partial charge on any atom is -0.561 e. The van der Waals surface area contributed by atoms with Crippen LogP contribution in [0.15, 0.2) is 42.5 Å². The largest absolute Gasteiger partial charge is 0.561 e. The van der Waals surface area contributed by atoms with Crippen molar-refractivity contribution < 1.29 is 19.5 Å². The molecule has 0 aromatic heterocycles. The maximum absolute atomic E-state index is 14.4. The Morgan fingerprint density at radius 2 is 1.67 bits per heavy atom. The first-order valence-corrected chi connectivity index (χ1v) is 19.4. The standard InChI is InChI=1S/C43H60N2O4/c1-27(2)30-16-21-43(38(49)44-24-26-45-25-8-9-35(45)46)23-22-41(6)32(36(30)43)14-15-34-40(5)19-17-31(28-10-12-29(13-11-28)37(47)48)39(3,4)33(40)18-20-42(34,41)7/h10-13,17,30,32-34,36H,1,8-9,14-16,18-26H2,2-7H3,(H,44,49)(H,47,48)/p+1/t30-,32+,33-,34+,36+,40-,41+,42+,43-/m0/s1. The molecule has 1 aliphatic heterocycles. The zero-order valence-corrected chi connectivity index (χ0v) is 31.1. The van der Waals surface area contributed by atoms with Gasteiger partial charge in [0.05, 0.1) is 5.41 Å². The molecule has 0 radical (unpaired) electrons. The van der Waals surface area contributed by atoms with E-state index in [1.807, 2.05) is 29.2 Å². The van der Waals surface area contributed by atoms with Crippen LogP contribution in [0.4, 0.5) is 0 Å². The van der Waals surface area contributed by atoms with E-state index < -0.39 is 5.97 Å². The summed E-state index contributed by atoms with van der Waals surface area (Å²) in [6, 6.07) is 7.73. The van der Waals surface area contributed by atoms with Crippen molar-refractivity contribution in [1.29, 1.82) is 0 Å². The Balaban J connectivity index is 1.17. The number of benzene rings is 1. The van der Waals surface area contributed by atoms with Crippen LogP contribution in [-0.2, 0) is 9.59 Å². The van der Waals surface area contributed by atoms with Crippen LogP contribution in [0.1, 0.15) is 128 Å². The molecule has 4 saturated carbocycles. The van der Waals surface area contributed by atoms with Gasteiger partial charge in [-0.15, -0.1) is 0 Å². The molecule has 1 heterocycles. The van der Waals surface area contributed by atoms with Crippen LogP contribution in [0.5, 0.6) is 0 Å². The molecule has 6 heteroatoms. The van der Waals surface area contributed by atoms with Crippen LogP contribution >= 0.6 is 0 Å². The number of allylic oxidation sites excluding steroid dienone is 3. The van der Waals surface area contributed by atoms with Gasteiger partial charge < -0.3 is 15.3 Å². The molecule has 1 aromatic rings. The van der Waals surface area contributed by atoms with E-state index in [0.29, 0.717) is 54.7 Å². The lowest BCUT2D eigenvalue weighted by Gasteiger charge is -2.72. The van der Waals surface area contributed by atoms with Crippen molar-refractivity contribution in [3.8, 4) is 0 Å². The molecule has 9 atom stereocenters. The summed E-state index contributed by atoms with van der Waals surface area (Å²) >= 11 is 0. The Bertz CT molecular complexity index is 1580. The second kappa shape index (κ2) is 11.8. The van der Waals surface area contributed by atoms with Crippen LogP contribution in [0.2, 0.25) is 0 Å². The predicted octanol–water partition coefficient (Wildman–Crippen LogP) is 7.94.